The molecule has 1 N–H and O–H groups in total. The van der Waals surface area contributed by atoms with Gasteiger partial charge in [0.2, 0.25) is 11.8 Å². The van der Waals surface area contributed by atoms with Crippen molar-refractivity contribution in [1.82, 2.24) is 10.2 Å². The second-order valence-corrected chi connectivity index (χ2v) is 7.99. The Bertz CT molecular complexity index is 422. The monoisotopic (exact) mass is 412 g/mol. The van der Waals surface area contributed by atoms with Gasteiger partial charge in [-0.05, 0) is 13.8 Å². The van der Waals surface area contributed by atoms with E-state index >= 15 is 0 Å². The molecule has 1 aliphatic rings. The van der Waals surface area contributed by atoms with Crippen LogP contribution in [0.4, 0.5) is 0 Å². The second kappa shape index (κ2) is 6.43. The smallest absolute Gasteiger partial charge is 0.330 e. The highest BCUT2D eigenvalue weighted by Crippen LogP contribution is 2.36. The van der Waals surface area contributed by atoms with Crippen LogP contribution in [-0.4, -0.2) is 51.2 Å². The zero-order chi connectivity index (χ0) is 15.7. The molecule has 0 aromatic heterocycles. The fraction of sp³-hybridized carbons (Fsp3) is 0.750. The van der Waals surface area contributed by atoms with E-state index < -0.39 is 27.3 Å². The third kappa shape index (κ3) is 3.33. The number of hydrogen-bond acceptors (Lipinski definition) is 4. The summed E-state index contributed by atoms with van der Waals surface area (Å²) >= 11 is 6.74. The molecular weight excluding hydrogens is 396 g/mol. The van der Waals surface area contributed by atoms with E-state index in [1.54, 1.807) is 20.8 Å². The lowest BCUT2D eigenvalue weighted by atomic mass is 9.95. The number of amides is 2. The molecular formula is C12H18Br2N2O4. The van der Waals surface area contributed by atoms with Gasteiger partial charge in [-0.25, -0.2) is 4.79 Å². The maximum absolute atomic E-state index is 12.2. The van der Waals surface area contributed by atoms with Gasteiger partial charge in [0.15, 0.2) is 0 Å². The summed E-state index contributed by atoms with van der Waals surface area (Å²) in [4.78, 5) is 36.4. The maximum Gasteiger partial charge on any atom is 0.330 e. The number of hydrogen-bond donors (Lipinski definition) is 1. The molecule has 6 nitrogen and oxygen atoms in total. The van der Waals surface area contributed by atoms with Crippen LogP contribution in [0.15, 0.2) is 0 Å². The quantitative estimate of drug-likeness (QED) is 0.317. The number of rotatable bonds is 5. The highest BCUT2D eigenvalue weighted by molar-refractivity contribution is 9.10. The van der Waals surface area contributed by atoms with Crippen molar-refractivity contribution < 1.29 is 19.1 Å². The number of β-lactam (4-membered cyclic amide) rings is 1. The molecule has 114 valence electrons. The lowest BCUT2D eigenvalue weighted by Gasteiger charge is -2.50. The zero-order valence-electron chi connectivity index (χ0n) is 11.8. The van der Waals surface area contributed by atoms with Gasteiger partial charge in [0.05, 0.1) is 11.4 Å². The molecule has 0 aromatic rings. The molecule has 1 fully saturated rings. The molecule has 0 aromatic carbocycles. The third-order valence-electron chi connectivity index (χ3n) is 3.05. The van der Waals surface area contributed by atoms with Gasteiger partial charge in [-0.1, -0.05) is 38.8 Å². The van der Waals surface area contributed by atoms with Crippen molar-refractivity contribution in [1.29, 1.82) is 0 Å². The Balaban J connectivity index is 2.89. The van der Waals surface area contributed by atoms with Gasteiger partial charge in [0.1, 0.15) is 17.0 Å². The van der Waals surface area contributed by atoms with E-state index in [1.165, 1.54) is 12.0 Å². The first kappa shape index (κ1) is 17.4. The van der Waals surface area contributed by atoms with Crippen molar-refractivity contribution in [2.75, 3.05) is 7.11 Å². The predicted molar refractivity (Wildman–Crippen MR) is 80.6 cm³/mol. The number of likely N-dealkylation sites (tertiary alicyclic amines) is 1. The minimum Gasteiger partial charge on any atom is -0.467 e. The van der Waals surface area contributed by atoms with Crippen molar-refractivity contribution in [2.24, 2.45) is 0 Å². The summed E-state index contributed by atoms with van der Waals surface area (Å²) in [5, 5.41) is 2.61. The van der Waals surface area contributed by atoms with Gasteiger partial charge >= 0.3 is 5.97 Å². The Morgan fingerprint density at radius 3 is 2.40 bits per heavy atom. The Morgan fingerprint density at radius 1 is 1.50 bits per heavy atom. The summed E-state index contributed by atoms with van der Waals surface area (Å²) in [5.74, 6) is -1.03. The molecule has 0 radical (unpaired) electrons. The molecule has 3 atom stereocenters. The Kier molecular flexibility index (Phi) is 5.60. The van der Waals surface area contributed by atoms with Crippen LogP contribution in [0.3, 0.4) is 0 Å². The fourth-order valence-corrected chi connectivity index (χ4v) is 3.19. The topological polar surface area (TPSA) is 75.7 Å². The molecule has 8 heteroatoms. The van der Waals surface area contributed by atoms with Gasteiger partial charge in [-0.2, -0.15) is 0 Å². The van der Waals surface area contributed by atoms with E-state index in [0.29, 0.717) is 6.42 Å². The van der Waals surface area contributed by atoms with Crippen LogP contribution in [0.5, 0.6) is 0 Å². The number of methoxy groups -OCH3 is 1. The van der Waals surface area contributed by atoms with Gasteiger partial charge in [-0.3, -0.25) is 9.59 Å². The van der Waals surface area contributed by atoms with Gasteiger partial charge in [0.25, 0.3) is 0 Å². The molecule has 1 aliphatic heterocycles. The summed E-state index contributed by atoms with van der Waals surface area (Å²) in [6.45, 7) is 5.26. The van der Waals surface area contributed by atoms with E-state index in [-0.39, 0.29) is 11.8 Å². The van der Waals surface area contributed by atoms with E-state index in [0.717, 1.165) is 0 Å². The van der Waals surface area contributed by atoms with E-state index in [4.69, 9.17) is 4.74 Å². The maximum atomic E-state index is 12.2. The number of esters is 1. The molecule has 1 heterocycles. The average Bonchev–Trinajstić information content (AvgIpc) is 2.38. The summed E-state index contributed by atoms with van der Waals surface area (Å²) in [6, 6.07) is -1.43. The van der Waals surface area contributed by atoms with Crippen LogP contribution in [-0.2, 0) is 19.1 Å². The third-order valence-corrected chi connectivity index (χ3v) is 4.46. The highest BCUT2D eigenvalue weighted by Gasteiger charge is 2.55. The molecule has 2 amide bonds. The molecule has 0 bridgehead atoms. The molecule has 1 rings (SSSR count). The van der Waals surface area contributed by atoms with E-state index in [2.05, 4.69) is 37.2 Å². The number of alkyl halides is 2. The van der Waals surface area contributed by atoms with Crippen LogP contribution in [0.1, 0.15) is 27.2 Å². The summed E-state index contributed by atoms with van der Waals surface area (Å²) in [7, 11) is 1.28. The fourth-order valence-electron chi connectivity index (χ4n) is 1.99. The number of halogens is 2. The second-order valence-electron chi connectivity index (χ2n) is 5.01. The van der Waals surface area contributed by atoms with Crippen LogP contribution in [0.25, 0.3) is 0 Å². The van der Waals surface area contributed by atoms with Crippen molar-refractivity contribution in [3.05, 3.63) is 0 Å². The van der Waals surface area contributed by atoms with Crippen LogP contribution >= 0.6 is 31.9 Å². The molecule has 0 spiro atoms. The average molecular weight is 414 g/mol. The first-order chi connectivity index (χ1) is 9.15. The van der Waals surface area contributed by atoms with Crippen molar-refractivity contribution in [3.8, 4) is 0 Å². The summed E-state index contributed by atoms with van der Waals surface area (Å²) in [5.41, 5.74) is 0. The number of carbonyl (C=O) groups excluding carboxylic acids is 3. The summed E-state index contributed by atoms with van der Waals surface area (Å²) < 4.78 is 4.11. The largest absolute Gasteiger partial charge is 0.467 e. The van der Waals surface area contributed by atoms with Crippen LogP contribution in [0.2, 0.25) is 0 Å². The SMILES string of the molecule is CCC(=O)NC1C(=O)N(C(C(=O)OC)C(C)(C)Br)C1Br. The molecule has 0 aliphatic carbocycles. The normalized spacial score (nSPS) is 23.9. The molecule has 3 unspecified atom stereocenters. The van der Waals surface area contributed by atoms with Crippen LogP contribution < -0.4 is 5.32 Å². The number of carbonyl (C=O) groups is 3. The van der Waals surface area contributed by atoms with E-state index in [9.17, 15) is 14.4 Å². The van der Waals surface area contributed by atoms with Crippen LogP contribution in [0, 0.1) is 0 Å². The lowest BCUT2D eigenvalue weighted by molar-refractivity contribution is -0.164. The Hall–Kier alpha value is -0.630. The van der Waals surface area contributed by atoms with Gasteiger partial charge in [-0.15, -0.1) is 0 Å². The lowest BCUT2D eigenvalue weighted by Crippen LogP contribution is -2.74. The van der Waals surface area contributed by atoms with E-state index in [1.807, 2.05) is 0 Å². The Morgan fingerprint density at radius 2 is 2.05 bits per heavy atom. The summed E-state index contributed by atoms with van der Waals surface area (Å²) in [6.07, 6.45) is 0.299. The first-order valence-corrected chi connectivity index (χ1v) is 7.88. The minimum absolute atomic E-state index is 0.208. The minimum atomic E-state index is -0.779. The predicted octanol–water partition coefficient (Wildman–Crippen LogP) is 1.16. The van der Waals surface area contributed by atoms with Crippen molar-refractivity contribution >= 4 is 49.6 Å². The first-order valence-electron chi connectivity index (χ1n) is 6.17. The standard InChI is InChI=1S/C12H18Br2N2O4/c1-5-6(17)15-7-9(13)16(10(7)18)8(11(19)20-4)12(2,3)14/h7-9H,5H2,1-4H3,(H,15,17). The Labute approximate surface area is 134 Å². The van der Waals surface area contributed by atoms with Gasteiger partial charge < -0.3 is 15.0 Å². The highest BCUT2D eigenvalue weighted by atomic mass is 79.9. The molecule has 0 saturated carbocycles. The van der Waals surface area contributed by atoms with Crippen molar-refractivity contribution in [2.45, 2.75) is 48.6 Å². The number of nitrogens with one attached hydrogen (secondary N) is 1. The van der Waals surface area contributed by atoms with Gasteiger partial charge in [0, 0.05) is 6.42 Å². The molecule has 1 saturated heterocycles. The molecule has 20 heavy (non-hydrogen) atoms. The zero-order valence-corrected chi connectivity index (χ0v) is 14.9. The number of ether oxygens (including phenoxy) is 1. The number of nitrogens with zero attached hydrogens (tertiary/aromatic N) is 1. The van der Waals surface area contributed by atoms with Crippen molar-refractivity contribution in [3.63, 3.8) is 0 Å².